The Hall–Kier alpha value is -1.56. The van der Waals surface area contributed by atoms with Gasteiger partial charge in [0.1, 0.15) is 5.82 Å². The van der Waals surface area contributed by atoms with Gasteiger partial charge < -0.3 is 5.11 Å². The lowest BCUT2D eigenvalue weighted by Crippen LogP contribution is -2.32. The molecule has 0 spiro atoms. The fourth-order valence-electron chi connectivity index (χ4n) is 3.49. The third-order valence-electron chi connectivity index (χ3n) is 4.44. The lowest BCUT2D eigenvalue weighted by molar-refractivity contribution is -0.142. The zero-order chi connectivity index (χ0) is 14.4. The smallest absolute Gasteiger partial charge is 0.308 e. The van der Waals surface area contributed by atoms with Crippen LogP contribution in [0.1, 0.15) is 24.8 Å². The van der Waals surface area contributed by atoms with Crippen molar-refractivity contribution in [3.8, 4) is 0 Å². The third kappa shape index (κ3) is 2.08. The molecule has 20 heavy (non-hydrogen) atoms. The average Bonchev–Trinajstić information content (AvgIpc) is 2.93. The largest absolute Gasteiger partial charge is 0.481 e. The fourth-order valence-corrected chi connectivity index (χ4v) is 3.49. The third-order valence-corrected chi connectivity index (χ3v) is 4.44. The molecule has 2 aliphatic rings. The standard InChI is InChI=1S/C14H14F3NO2/c15-10-5-12(17)11(16)3-7(10)6-18-8-1-2-13(18)9(4-8)14(19)20/h3,5,8-9,13H,1-2,4,6H2,(H,19,20). The van der Waals surface area contributed by atoms with E-state index in [4.69, 9.17) is 5.11 Å². The highest BCUT2D eigenvalue weighted by Gasteiger charge is 2.49. The van der Waals surface area contributed by atoms with Crippen LogP contribution in [0.15, 0.2) is 12.1 Å². The predicted octanol–water partition coefficient (Wildman–Crippen LogP) is 2.54. The maximum absolute atomic E-state index is 13.7. The monoisotopic (exact) mass is 285 g/mol. The van der Waals surface area contributed by atoms with E-state index in [1.165, 1.54) is 0 Å². The number of aliphatic carboxylic acids is 1. The lowest BCUT2D eigenvalue weighted by atomic mass is 9.89. The highest BCUT2D eigenvalue weighted by Crippen LogP contribution is 2.42. The molecule has 1 N–H and O–H groups in total. The molecule has 0 aliphatic carbocycles. The number of carboxylic acid groups (broad SMARTS) is 1. The van der Waals surface area contributed by atoms with E-state index in [9.17, 15) is 18.0 Å². The summed E-state index contributed by atoms with van der Waals surface area (Å²) in [7, 11) is 0. The summed E-state index contributed by atoms with van der Waals surface area (Å²) in [6.07, 6.45) is 2.18. The molecule has 0 aromatic heterocycles. The van der Waals surface area contributed by atoms with Gasteiger partial charge in [-0.3, -0.25) is 9.69 Å². The molecule has 1 aromatic carbocycles. The van der Waals surface area contributed by atoms with Gasteiger partial charge in [0, 0.05) is 30.3 Å². The first-order chi connectivity index (χ1) is 9.47. The van der Waals surface area contributed by atoms with Crippen molar-refractivity contribution in [2.45, 2.75) is 37.9 Å². The molecule has 3 nitrogen and oxygen atoms in total. The first-order valence-corrected chi connectivity index (χ1v) is 6.59. The summed E-state index contributed by atoms with van der Waals surface area (Å²) < 4.78 is 39.8. The molecule has 2 bridgehead atoms. The minimum absolute atomic E-state index is 0.0758. The van der Waals surface area contributed by atoms with Crippen LogP contribution in [0.2, 0.25) is 0 Å². The molecule has 1 aromatic rings. The summed E-state index contributed by atoms with van der Waals surface area (Å²) >= 11 is 0. The van der Waals surface area contributed by atoms with Crippen LogP contribution in [0.4, 0.5) is 13.2 Å². The van der Waals surface area contributed by atoms with Crippen molar-refractivity contribution >= 4 is 5.97 Å². The summed E-state index contributed by atoms with van der Waals surface area (Å²) in [5.41, 5.74) is 0.0758. The van der Waals surface area contributed by atoms with Crippen LogP contribution in [0.25, 0.3) is 0 Å². The highest BCUT2D eigenvalue weighted by atomic mass is 19.2. The predicted molar refractivity (Wildman–Crippen MR) is 64.4 cm³/mol. The zero-order valence-corrected chi connectivity index (χ0v) is 10.7. The quantitative estimate of drug-likeness (QED) is 0.868. The molecule has 2 saturated heterocycles. The van der Waals surface area contributed by atoms with E-state index in [0.29, 0.717) is 12.5 Å². The van der Waals surface area contributed by atoms with Crippen molar-refractivity contribution < 1.29 is 23.1 Å². The number of carbonyl (C=O) groups is 1. The second-order valence-corrected chi connectivity index (χ2v) is 5.51. The van der Waals surface area contributed by atoms with Gasteiger partial charge in [0.15, 0.2) is 11.6 Å². The molecule has 0 saturated carbocycles. The maximum atomic E-state index is 13.7. The number of rotatable bonds is 3. The molecule has 2 aliphatic heterocycles. The molecule has 3 rings (SSSR count). The van der Waals surface area contributed by atoms with E-state index in [2.05, 4.69) is 0 Å². The number of benzene rings is 1. The van der Waals surface area contributed by atoms with Crippen molar-refractivity contribution in [2.24, 2.45) is 5.92 Å². The molecule has 108 valence electrons. The van der Waals surface area contributed by atoms with E-state index in [1.807, 2.05) is 4.90 Å². The van der Waals surface area contributed by atoms with Crippen LogP contribution >= 0.6 is 0 Å². The second-order valence-electron chi connectivity index (χ2n) is 5.51. The summed E-state index contributed by atoms with van der Waals surface area (Å²) in [5, 5.41) is 9.14. The average molecular weight is 285 g/mol. The Morgan fingerprint density at radius 2 is 1.90 bits per heavy atom. The number of hydrogen-bond acceptors (Lipinski definition) is 2. The summed E-state index contributed by atoms with van der Waals surface area (Å²) in [4.78, 5) is 13.1. The van der Waals surface area contributed by atoms with Crippen molar-refractivity contribution in [3.05, 3.63) is 35.1 Å². The second kappa shape index (κ2) is 4.77. The van der Waals surface area contributed by atoms with Gasteiger partial charge in [-0.15, -0.1) is 0 Å². The normalized spacial score (nSPS) is 29.1. The number of nitrogens with zero attached hydrogens (tertiary/aromatic N) is 1. The topological polar surface area (TPSA) is 40.5 Å². The van der Waals surface area contributed by atoms with Gasteiger partial charge in [-0.25, -0.2) is 13.2 Å². The van der Waals surface area contributed by atoms with Crippen LogP contribution in [0.5, 0.6) is 0 Å². The van der Waals surface area contributed by atoms with Crippen molar-refractivity contribution in [3.63, 3.8) is 0 Å². The van der Waals surface area contributed by atoms with Gasteiger partial charge in [-0.1, -0.05) is 0 Å². The first-order valence-electron chi connectivity index (χ1n) is 6.59. The Kier molecular flexibility index (Phi) is 3.20. The van der Waals surface area contributed by atoms with E-state index in [0.717, 1.165) is 18.9 Å². The highest BCUT2D eigenvalue weighted by molar-refractivity contribution is 5.71. The summed E-state index contributed by atoms with van der Waals surface area (Å²) in [6, 6.07) is 1.36. The minimum Gasteiger partial charge on any atom is -0.481 e. The Balaban J connectivity index is 1.82. The first kappa shape index (κ1) is 13.4. The van der Waals surface area contributed by atoms with E-state index < -0.39 is 29.3 Å². The Morgan fingerprint density at radius 3 is 2.55 bits per heavy atom. The molecule has 3 atom stereocenters. The lowest BCUT2D eigenvalue weighted by Gasteiger charge is -2.23. The molecule has 3 unspecified atom stereocenters. The van der Waals surface area contributed by atoms with Gasteiger partial charge in [0.05, 0.1) is 5.92 Å². The van der Waals surface area contributed by atoms with Gasteiger partial charge in [-0.05, 0) is 25.3 Å². The van der Waals surface area contributed by atoms with E-state index in [1.54, 1.807) is 0 Å². The van der Waals surface area contributed by atoms with Crippen LogP contribution in [0, 0.1) is 23.4 Å². The Labute approximate surface area is 114 Å². The zero-order valence-electron chi connectivity index (χ0n) is 10.7. The van der Waals surface area contributed by atoms with Crippen LogP contribution in [-0.2, 0) is 11.3 Å². The van der Waals surface area contributed by atoms with Crippen LogP contribution < -0.4 is 0 Å². The fraction of sp³-hybridized carbons (Fsp3) is 0.500. The van der Waals surface area contributed by atoms with Gasteiger partial charge in [0.25, 0.3) is 0 Å². The maximum Gasteiger partial charge on any atom is 0.308 e. The summed E-state index contributed by atoms with van der Waals surface area (Å²) in [5.74, 6) is -4.36. The molecule has 2 fully saturated rings. The molecule has 6 heteroatoms. The van der Waals surface area contributed by atoms with Gasteiger partial charge in [0.2, 0.25) is 0 Å². The van der Waals surface area contributed by atoms with Crippen LogP contribution in [-0.4, -0.2) is 28.1 Å². The number of halogens is 3. The Bertz CT molecular complexity index is 564. The van der Waals surface area contributed by atoms with Gasteiger partial charge >= 0.3 is 5.97 Å². The van der Waals surface area contributed by atoms with E-state index >= 15 is 0 Å². The molecule has 0 amide bonds. The Morgan fingerprint density at radius 1 is 1.20 bits per heavy atom. The number of fused-ring (bicyclic) bond motifs is 2. The summed E-state index contributed by atoms with van der Waals surface area (Å²) in [6.45, 7) is 0.127. The molecular formula is C14H14F3NO2. The molecule has 0 radical (unpaired) electrons. The van der Waals surface area contributed by atoms with Crippen molar-refractivity contribution in [2.75, 3.05) is 0 Å². The van der Waals surface area contributed by atoms with Crippen LogP contribution in [0.3, 0.4) is 0 Å². The minimum atomic E-state index is -1.21. The van der Waals surface area contributed by atoms with Crippen molar-refractivity contribution in [1.29, 1.82) is 0 Å². The molecular weight excluding hydrogens is 271 g/mol. The SMILES string of the molecule is O=C(O)C1CC2CCC1N2Cc1cc(F)c(F)cc1F. The van der Waals surface area contributed by atoms with E-state index in [-0.39, 0.29) is 24.2 Å². The van der Waals surface area contributed by atoms with Gasteiger partial charge in [-0.2, -0.15) is 0 Å². The number of hydrogen-bond donors (Lipinski definition) is 1. The van der Waals surface area contributed by atoms with Crippen molar-refractivity contribution in [1.82, 2.24) is 4.90 Å². The number of carboxylic acids is 1. The molecule has 2 heterocycles.